The van der Waals surface area contributed by atoms with Gasteiger partial charge in [-0.2, -0.15) is 0 Å². The van der Waals surface area contributed by atoms with E-state index in [9.17, 15) is 4.79 Å². The zero-order valence-electron chi connectivity index (χ0n) is 8.46. The minimum atomic E-state index is 0.422. The summed E-state index contributed by atoms with van der Waals surface area (Å²) in [7, 11) is 0. The summed E-state index contributed by atoms with van der Waals surface area (Å²) in [5.74, 6) is 1.06. The Morgan fingerprint density at radius 3 is 2.73 bits per heavy atom. The SMILES string of the molecule is O=C1CCC(CNc2ccc(Cl)s2)CC1. The second-order valence-corrected chi connectivity index (χ2v) is 5.68. The highest BCUT2D eigenvalue weighted by Gasteiger charge is 2.18. The van der Waals surface area contributed by atoms with Crippen molar-refractivity contribution in [3.63, 3.8) is 0 Å². The van der Waals surface area contributed by atoms with Gasteiger partial charge in [-0.25, -0.2) is 0 Å². The molecule has 15 heavy (non-hydrogen) atoms. The maximum Gasteiger partial charge on any atom is 0.132 e. The third kappa shape index (κ3) is 3.21. The van der Waals surface area contributed by atoms with E-state index in [1.165, 1.54) is 0 Å². The van der Waals surface area contributed by atoms with Crippen LogP contribution < -0.4 is 5.32 Å². The summed E-state index contributed by atoms with van der Waals surface area (Å²) in [6.07, 6.45) is 3.59. The van der Waals surface area contributed by atoms with Gasteiger partial charge in [-0.05, 0) is 30.9 Å². The normalized spacial score (nSPS) is 18.1. The fourth-order valence-corrected chi connectivity index (χ4v) is 2.81. The average molecular weight is 244 g/mol. The van der Waals surface area contributed by atoms with E-state index >= 15 is 0 Å². The first-order valence-electron chi connectivity index (χ1n) is 5.25. The average Bonchev–Trinajstić information content (AvgIpc) is 2.64. The summed E-state index contributed by atoms with van der Waals surface area (Å²) in [5.41, 5.74) is 0. The van der Waals surface area contributed by atoms with Crippen LogP contribution in [0.1, 0.15) is 25.7 Å². The van der Waals surface area contributed by atoms with Gasteiger partial charge >= 0.3 is 0 Å². The number of nitrogens with one attached hydrogen (secondary N) is 1. The third-order valence-electron chi connectivity index (χ3n) is 2.80. The standard InChI is InChI=1S/C11H14ClNOS/c12-10-5-6-11(15-10)13-7-8-1-3-9(14)4-2-8/h5-6,8,13H,1-4,7H2. The van der Waals surface area contributed by atoms with E-state index in [1.807, 2.05) is 12.1 Å². The predicted molar refractivity (Wildman–Crippen MR) is 64.8 cm³/mol. The number of halogens is 1. The third-order valence-corrected chi connectivity index (χ3v) is 3.99. The van der Waals surface area contributed by atoms with Gasteiger partial charge in [-0.15, -0.1) is 11.3 Å². The molecular weight excluding hydrogens is 230 g/mol. The number of hydrogen-bond acceptors (Lipinski definition) is 3. The molecular formula is C11H14ClNOS. The van der Waals surface area contributed by atoms with E-state index in [-0.39, 0.29) is 0 Å². The largest absolute Gasteiger partial charge is 0.377 e. The predicted octanol–water partition coefficient (Wildman–Crippen LogP) is 3.57. The van der Waals surface area contributed by atoms with Crippen LogP contribution in [0, 0.1) is 5.92 Å². The van der Waals surface area contributed by atoms with Crippen molar-refractivity contribution >= 4 is 33.7 Å². The summed E-state index contributed by atoms with van der Waals surface area (Å²) in [6.45, 7) is 0.962. The fourth-order valence-electron chi connectivity index (χ4n) is 1.86. The molecule has 0 saturated heterocycles. The minimum Gasteiger partial charge on any atom is -0.377 e. The number of Topliss-reactive ketones (excluding diaryl/α,β-unsaturated/α-hetero) is 1. The van der Waals surface area contributed by atoms with E-state index in [0.29, 0.717) is 11.7 Å². The molecule has 1 aliphatic rings. The fraction of sp³-hybridized carbons (Fsp3) is 0.545. The van der Waals surface area contributed by atoms with Gasteiger partial charge < -0.3 is 5.32 Å². The summed E-state index contributed by atoms with van der Waals surface area (Å²) in [4.78, 5) is 11.1. The van der Waals surface area contributed by atoms with Crippen LogP contribution in [0.2, 0.25) is 4.34 Å². The molecule has 1 aromatic rings. The molecule has 4 heteroatoms. The van der Waals surface area contributed by atoms with Crippen LogP contribution in [0.25, 0.3) is 0 Å². The first-order chi connectivity index (χ1) is 7.24. The molecule has 0 amide bonds. The lowest BCUT2D eigenvalue weighted by Crippen LogP contribution is -2.20. The van der Waals surface area contributed by atoms with Crippen molar-refractivity contribution in [2.24, 2.45) is 5.92 Å². The van der Waals surface area contributed by atoms with Crippen molar-refractivity contribution in [2.45, 2.75) is 25.7 Å². The Hall–Kier alpha value is -0.540. The van der Waals surface area contributed by atoms with Crippen LogP contribution in [0.3, 0.4) is 0 Å². The zero-order chi connectivity index (χ0) is 10.7. The van der Waals surface area contributed by atoms with Crippen molar-refractivity contribution in [3.05, 3.63) is 16.5 Å². The molecule has 0 atom stereocenters. The van der Waals surface area contributed by atoms with Gasteiger partial charge in [0, 0.05) is 19.4 Å². The van der Waals surface area contributed by atoms with Crippen molar-refractivity contribution in [2.75, 3.05) is 11.9 Å². The Labute approximate surface area is 98.6 Å². The van der Waals surface area contributed by atoms with Crippen molar-refractivity contribution in [1.82, 2.24) is 0 Å². The molecule has 1 saturated carbocycles. The molecule has 1 aliphatic carbocycles. The topological polar surface area (TPSA) is 29.1 Å². The van der Waals surface area contributed by atoms with Crippen LogP contribution in [0.5, 0.6) is 0 Å². The van der Waals surface area contributed by atoms with Gasteiger partial charge in [-0.3, -0.25) is 4.79 Å². The van der Waals surface area contributed by atoms with E-state index in [0.717, 1.165) is 41.6 Å². The lowest BCUT2D eigenvalue weighted by molar-refractivity contribution is -0.120. The van der Waals surface area contributed by atoms with Crippen LogP contribution in [-0.4, -0.2) is 12.3 Å². The van der Waals surface area contributed by atoms with E-state index in [1.54, 1.807) is 11.3 Å². The van der Waals surface area contributed by atoms with Crippen molar-refractivity contribution in [3.8, 4) is 0 Å². The number of thiophene rings is 1. The molecule has 0 bridgehead atoms. The number of carbonyl (C=O) groups is 1. The highest BCUT2D eigenvalue weighted by molar-refractivity contribution is 7.19. The van der Waals surface area contributed by atoms with Gasteiger partial charge in [0.15, 0.2) is 0 Å². The molecule has 2 nitrogen and oxygen atoms in total. The summed E-state index contributed by atoms with van der Waals surface area (Å²) in [6, 6.07) is 3.90. The summed E-state index contributed by atoms with van der Waals surface area (Å²) < 4.78 is 0.816. The number of anilines is 1. The summed E-state index contributed by atoms with van der Waals surface area (Å²) >= 11 is 7.40. The maximum atomic E-state index is 11.1. The van der Waals surface area contributed by atoms with Gasteiger partial charge in [0.05, 0.1) is 9.34 Å². The molecule has 1 fully saturated rings. The number of hydrogen-bond donors (Lipinski definition) is 1. The summed E-state index contributed by atoms with van der Waals surface area (Å²) in [5, 5.41) is 4.49. The van der Waals surface area contributed by atoms with Gasteiger partial charge in [0.2, 0.25) is 0 Å². The lowest BCUT2D eigenvalue weighted by Gasteiger charge is -2.21. The number of carbonyl (C=O) groups excluding carboxylic acids is 1. The molecule has 1 aromatic heterocycles. The van der Waals surface area contributed by atoms with E-state index in [2.05, 4.69) is 5.32 Å². The monoisotopic (exact) mass is 243 g/mol. The molecule has 1 heterocycles. The second kappa shape index (κ2) is 4.99. The lowest BCUT2D eigenvalue weighted by atomic mass is 9.88. The van der Waals surface area contributed by atoms with E-state index < -0.39 is 0 Å². The maximum absolute atomic E-state index is 11.1. The Kier molecular flexibility index (Phi) is 3.65. The Balaban J connectivity index is 1.76. The first-order valence-corrected chi connectivity index (χ1v) is 6.44. The second-order valence-electron chi connectivity index (χ2n) is 3.97. The van der Waals surface area contributed by atoms with Crippen LogP contribution >= 0.6 is 22.9 Å². The molecule has 0 aliphatic heterocycles. The Morgan fingerprint density at radius 1 is 1.40 bits per heavy atom. The Bertz CT molecular complexity index is 340. The minimum absolute atomic E-state index is 0.422. The molecule has 82 valence electrons. The quantitative estimate of drug-likeness (QED) is 0.879. The first kappa shape index (κ1) is 11.0. The molecule has 0 unspecified atom stereocenters. The highest BCUT2D eigenvalue weighted by Crippen LogP contribution is 2.27. The van der Waals surface area contributed by atoms with Crippen molar-refractivity contribution < 1.29 is 4.79 Å². The van der Waals surface area contributed by atoms with Crippen molar-refractivity contribution in [1.29, 1.82) is 0 Å². The van der Waals surface area contributed by atoms with Gasteiger partial charge in [0.25, 0.3) is 0 Å². The van der Waals surface area contributed by atoms with E-state index in [4.69, 9.17) is 11.6 Å². The molecule has 0 aromatic carbocycles. The smallest absolute Gasteiger partial charge is 0.132 e. The molecule has 1 N–H and O–H groups in total. The molecule has 0 radical (unpaired) electrons. The molecule has 2 rings (SSSR count). The zero-order valence-corrected chi connectivity index (χ0v) is 10.0. The van der Waals surface area contributed by atoms with Crippen LogP contribution in [0.4, 0.5) is 5.00 Å². The van der Waals surface area contributed by atoms with Crippen LogP contribution in [-0.2, 0) is 4.79 Å². The Morgan fingerprint density at radius 2 is 2.13 bits per heavy atom. The number of rotatable bonds is 3. The molecule has 0 spiro atoms. The number of ketones is 1. The van der Waals surface area contributed by atoms with Gasteiger partial charge in [-0.1, -0.05) is 11.6 Å². The highest BCUT2D eigenvalue weighted by atomic mass is 35.5. The van der Waals surface area contributed by atoms with Gasteiger partial charge in [0.1, 0.15) is 5.78 Å². The van der Waals surface area contributed by atoms with Crippen LogP contribution in [0.15, 0.2) is 12.1 Å².